The van der Waals surface area contributed by atoms with Crippen molar-refractivity contribution in [2.45, 2.75) is 200 Å². The molecule has 0 saturated heterocycles. The molecular weight excluding hydrogens is 651 g/mol. The first-order valence-corrected chi connectivity index (χ1v) is 21.1. The van der Waals surface area contributed by atoms with Crippen molar-refractivity contribution in [2.24, 2.45) is 9.98 Å². The molecule has 0 heterocycles. The molecule has 50 heavy (non-hydrogen) atoms. The van der Waals surface area contributed by atoms with E-state index in [2.05, 4.69) is 37.8 Å². The monoisotopic (exact) mass is 725 g/mol. The minimum Gasteiger partial charge on any atom is -0.251 e. The number of hydrogen-bond acceptors (Lipinski definition) is 2. The molecule has 0 N–H and O–H groups in total. The van der Waals surface area contributed by atoms with Gasteiger partial charge in [0.15, 0.2) is 0 Å². The van der Waals surface area contributed by atoms with Crippen molar-refractivity contribution in [3.63, 3.8) is 0 Å². The summed E-state index contributed by atoms with van der Waals surface area (Å²) in [5, 5.41) is 0. The number of hydrogen-bond donors (Lipinski definition) is 0. The van der Waals surface area contributed by atoms with E-state index in [4.69, 9.17) is 9.98 Å². The number of unbranched alkanes of at least 4 members (excludes halogenated alkanes) is 26. The fourth-order valence-electron chi connectivity index (χ4n) is 6.52. The molecule has 0 saturated carbocycles. The van der Waals surface area contributed by atoms with E-state index in [9.17, 15) is 0 Å². The van der Waals surface area contributed by atoms with Gasteiger partial charge in [0.2, 0.25) is 0 Å². The van der Waals surface area contributed by atoms with Crippen LogP contribution in [0.25, 0.3) is 0 Å². The molecule has 0 aliphatic carbocycles. The quantitative estimate of drug-likeness (QED) is 0.0320. The Labute approximate surface area is 320 Å². The van der Waals surface area contributed by atoms with Crippen molar-refractivity contribution >= 4 is 22.8 Å². The Morgan fingerprint density at radius 1 is 0.420 bits per heavy atom. The Bertz CT molecular complexity index is 1130. The smallest absolute Gasteiger partial charge is 0.135 e. The van der Waals surface area contributed by atoms with Crippen LogP contribution in [0, 0.1) is 11.8 Å². The molecule has 2 nitrogen and oxygen atoms in total. The molecule has 0 amide bonds. The average Bonchev–Trinajstić information content (AvgIpc) is 3.13. The number of rotatable bonds is 31. The van der Waals surface area contributed by atoms with Gasteiger partial charge in [0.25, 0.3) is 0 Å². The fourth-order valence-corrected chi connectivity index (χ4v) is 6.52. The molecule has 0 fully saturated rings. The Kier molecular flexibility index (Phi) is 32.3. The van der Waals surface area contributed by atoms with E-state index in [0.29, 0.717) is 0 Å². The Balaban J connectivity index is 0.0000125. The largest absolute Gasteiger partial charge is 0.251 e. The average molecular weight is 726 g/mol. The van der Waals surface area contributed by atoms with Crippen LogP contribution < -0.4 is 0 Å². The van der Waals surface area contributed by atoms with Gasteiger partial charge in [-0.1, -0.05) is 217 Å². The number of aliphatic imine (C=N–C) groups is 2. The van der Waals surface area contributed by atoms with Gasteiger partial charge in [-0.2, -0.15) is 0 Å². The van der Waals surface area contributed by atoms with E-state index in [-0.39, 0.29) is 16.5 Å². The second-order valence-electron chi connectivity index (χ2n) is 14.3. The van der Waals surface area contributed by atoms with Crippen LogP contribution in [-0.2, 0) is 16.5 Å². The van der Waals surface area contributed by atoms with E-state index >= 15 is 0 Å². The van der Waals surface area contributed by atoms with Crippen LogP contribution in [0.3, 0.4) is 0 Å². The van der Waals surface area contributed by atoms with Gasteiger partial charge in [-0.3, -0.25) is 4.99 Å². The number of benzene rings is 2. The first kappa shape index (κ1) is 45.9. The minimum atomic E-state index is 0. The van der Waals surface area contributed by atoms with Gasteiger partial charge < -0.3 is 0 Å². The standard InChI is InChI=1S/C47H74N2.Ni/c1-3-5-7-8-9-10-11-12-13-14-15-16-17-18-19-20-21-22-23-24-25-26-27-28-29-30-37-43-47(49-45-40-35-32-36-41-45)46(42-6-4-2)48-44-38-33-31-34-39-44;/h31-36,38-41H,3-30,42H2,1-2H3;. The zero-order valence-corrected chi connectivity index (χ0v) is 33.5. The third kappa shape index (κ3) is 26.6. The van der Waals surface area contributed by atoms with Crippen LogP contribution in [0.5, 0.6) is 0 Å². The summed E-state index contributed by atoms with van der Waals surface area (Å²) >= 11 is 0. The van der Waals surface area contributed by atoms with Crippen molar-refractivity contribution in [1.29, 1.82) is 0 Å². The molecule has 0 bridgehead atoms. The maximum Gasteiger partial charge on any atom is 0.135 e. The molecule has 0 radical (unpaired) electrons. The van der Waals surface area contributed by atoms with Crippen LogP contribution >= 0.6 is 0 Å². The van der Waals surface area contributed by atoms with E-state index in [0.717, 1.165) is 48.5 Å². The van der Waals surface area contributed by atoms with Crippen LogP contribution in [0.2, 0.25) is 0 Å². The molecule has 0 spiro atoms. The van der Waals surface area contributed by atoms with Crippen LogP contribution in [-0.4, -0.2) is 11.4 Å². The summed E-state index contributed by atoms with van der Waals surface area (Å²) in [6, 6.07) is 20.4. The molecule has 2 aromatic carbocycles. The Hall–Kier alpha value is -2.17. The fraction of sp³-hybridized carbons (Fsp3) is 0.660. The van der Waals surface area contributed by atoms with Crippen molar-refractivity contribution < 1.29 is 16.5 Å². The summed E-state index contributed by atoms with van der Waals surface area (Å²) in [5.41, 5.74) is 3.73. The van der Waals surface area contributed by atoms with Gasteiger partial charge in [-0.15, -0.1) is 0 Å². The van der Waals surface area contributed by atoms with Crippen LogP contribution in [0.15, 0.2) is 70.6 Å². The van der Waals surface area contributed by atoms with Crippen molar-refractivity contribution in [1.82, 2.24) is 0 Å². The second-order valence-corrected chi connectivity index (χ2v) is 14.3. The van der Waals surface area contributed by atoms with Crippen molar-refractivity contribution in [3.05, 3.63) is 60.7 Å². The van der Waals surface area contributed by atoms with Crippen LogP contribution in [0.1, 0.15) is 200 Å². The first-order valence-electron chi connectivity index (χ1n) is 21.1. The molecule has 0 aromatic heterocycles. The summed E-state index contributed by atoms with van der Waals surface area (Å²) < 4.78 is 0. The normalized spacial score (nSPS) is 11.6. The Morgan fingerprint density at radius 2 is 0.760 bits per heavy atom. The second kappa shape index (κ2) is 35.2. The van der Waals surface area contributed by atoms with E-state index in [1.54, 1.807) is 0 Å². The summed E-state index contributed by atoms with van der Waals surface area (Å²) in [6.07, 6.45) is 39.7. The predicted octanol–water partition coefficient (Wildman–Crippen LogP) is 15.9. The van der Waals surface area contributed by atoms with Crippen LogP contribution in [0.4, 0.5) is 11.4 Å². The zero-order valence-electron chi connectivity index (χ0n) is 32.5. The number of para-hydroxylation sites is 2. The van der Waals surface area contributed by atoms with Gasteiger partial charge in [0.05, 0.1) is 17.1 Å². The Morgan fingerprint density at radius 3 is 1.14 bits per heavy atom. The van der Waals surface area contributed by atoms with E-state index < -0.39 is 0 Å². The number of nitrogens with zero attached hydrogens (tertiary/aromatic N) is 2. The third-order valence-electron chi connectivity index (χ3n) is 9.67. The summed E-state index contributed by atoms with van der Waals surface area (Å²) in [5.74, 6) is 6.89. The zero-order chi connectivity index (χ0) is 34.7. The summed E-state index contributed by atoms with van der Waals surface area (Å²) in [4.78, 5) is 9.95. The third-order valence-corrected chi connectivity index (χ3v) is 9.67. The van der Waals surface area contributed by atoms with Gasteiger partial charge in [0, 0.05) is 22.9 Å². The minimum absolute atomic E-state index is 0. The van der Waals surface area contributed by atoms with E-state index in [1.807, 2.05) is 48.5 Å². The van der Waals surface area contributed by atoms with Gasteiger partial charge in [-0.25, -0.2) is 4.99 Å². The van der Waals surface area contributed by atoms with Gasteiger partial charge >= 0.3 is 0 Å². The summed E-state index contributed by atoms with van der Waals surface area (Å²) in [6.45, 7) is 4.53. The maximum atomic E-state index is 4.99. The molecule has 0 unspecified atom stereocenters. The topological polar surface area (TPSA) is 24.7 Å². The molecule has 0 aliphatic rings. The summed E-state index contributed by atoms with van der Waals surface area (Å²) in [7, 11) is 0. The van der Waals surface area contributed by atoms with E-state index in [1.165, 1.54) is 161 Å². The van der Waals surface area contributed by atoms with Gasteiger partial charge in [0.1, 0.15) is 5.71 Å². The maximum absolute atomic E-state index is 4.99. The molecule has 0 atom stereocenters. The SMILES string of the molecule is CCCCCCCCCCCCCCCCCCCCCCCCCCCC#CC(=Nc1ccccc1)C(CCCC)=Nc1ccccc1.[Ni]. The molecule has 3 heteroatoms. The van der Waals surface area contributed by atoms with Gasteiger partial charge in [-0.05, 0) is 49.4 Å². The molecule has 2 rings (SSSR count). The molecule has 282 valence electrons. The van der Waals surface area contributed by atoms with Crippen molar-refractivity contribution in [3.8, 4) is 11.8 Å². The molecule has 2 aromatic rings. The molecular formula is C47H74N2Ni. The first-order chi connectivity index (χ1) is 24.3. The van der Waals surface area contributed by atoms with Crippen molar-refractivity contribution in [2.75, 3.05) is 0 Å². The molecule has 0 aliphatic heterocycles. The predicted molar refractivity (Wildman–Crippen MR) is 220 cm³/mol.